The molecule has 1 N–H and O–H groups in total. The second-order valence-corrected chi connectivity index (χ2v) is 7.31. The molecule has 0 aliphatic heterocycles. The molecule has 22 heavy (non-hydrogen) atoms. The van der Waals surface area contributed by atoms with Crippen molar-refractivity contribution < 1.29 is 9.90 Å². The minimum absolute atomic E-state index is 0.337. The fourth-order valence-electron chi connectivity index (χ4n) is 2.99. The summed E-state index contributed by atoms with van der Waals surface area (Å²) in [5.74, 6) is 1.03. The van der Waals surface area contributed by atoms with Gasteiger partial charge in [0.05, 0.1) is 0 Å². The second-order valence-electron chi connectivity index (χ2n) is 7.31. The van der Waals surface area contributed by atoms with E-state index in [4.69, 9.17) is 5.11 Å². The predicted octanol–water partition coefficient (Wildman–Crippen LogP) is 6.82. The molecule has 2 atom stereocenters. The number of hydrogen-bond donors (Lipinski definition) is 1. The van der Waals surface area contributed by atoms with E-state index >= 15 is 0 Å². The van der Waals surface area contributed by atoms with E-state index in [0.29, 0.717) is 6.42 Å². The van der Waals surface area contributed by atoms with Gasteiger partial charge in [-0.1, -0.05) is 97.8 Å². The van der Waals surface area contributed by atoms with Gasteiger partial charge < -0.3 is 5.11 Å². The molecular weight excluding hydrogens is 272 g/mol. The Morgan fingerprint density at radius 2 is 1.14 bits per heavy atom. The summed E-state index contributed by atoms with van der Waals surface area (Å²) in [5, 5.41) is 8.60. The van der Waals surface area contributed by atoms with Crippen molar-refractivity contribution in [2.24, 2.45) is 11.8 Å². The third kappa shape index (κ3) is 15.9. The van der Waals surface area contributed by atoms with Crippen molar-refractivity contribution in [3.8, 4) is 0 Å². The Kier molecular flexibility index (Phi) is 15.0. The fraction of sp³-hybridized carbons (Fsp3) is 0.950. The average Bonchev–Trinajstić information content (AvgIpc) is 2.49. The standard InChI is InChI=1S/C20H40O2/c1-4-18(2)14-10-8-6-5-7-9-11-15-19(3)16-12-13-17-20(21)22/h18-19H,4-17H2,1-3H3,(H,21,22). The van der Waals surface area contributed by atoms with E-state index < -0.39 is 5.97 Å². The highest BCUT2D eigenvalue weighted by Gasteiger charge is 2.03. The van der Waals surface area contributed by atoms with Crippen LogP contribution in [-0.4, -0.2) is 11.1 Å². The van der Waals surface area contributed by atoms with Crippen LogP contribution < -0.4 is 0 Å². The van der Waals surface area contributed by atoms with Gasteiger partial charge in [0.1, 0.15) is 0 Å². The third-order valence-corrected chi connectivity index (χ3v) is 4.93. The van der Waals surface area contributed by atoms with Crippen LogP contribution in [-0.2, 0) is 4.79 Å². The largest absolute Gasteiger partial charge is 0.481 e. The van der Waals surface area contributed by atoms with Crippen molar-refractivity contribution >= 4 is 5.97 Å². The van der Waals surface area contributed by atoms with Gasteiger partial charge in [0.2, 0.25) is 0 Å². The Morgan fingerprint density at radius 3 is 1.59 bits per heavy atom. The van der Waals surface area contributed by atoms with Gasteiger partial charge >= 0.3 is 5.97 Å². The van der Waals surface area contributed by atoms with Gasteiger partial charge in [0.15, 0.2) is 0 Å². The van der Waals surface area contributed by atoms with Gasteiger partial charge in [-0.05, 0) is 18.3 Å². The number of carboxylic acids is 1. The van der Waals surface area contributed by atoms with E-state index in [9.17, 15) is 4.79 Å². The van der Waals surface area contributed by atoms with Crippen LogP contribution in [0.25, 0.3) is 0 Å². The van der Waals surface area contributed by atoms with Crippen molar-refractivity contribution in [3.05, 3.63) is 0 Å². The maximum atomic E-state index is 10.4. The summed E-state index contributed by atoms with van der Waals surface area (Å²) >= 11 is 0. The zero-order chi connectivity index (χ0) is 16.6. The predicted molar refractivity (Wildman–Crippen MR) is 96.3 cm³/mol. The lowest BCUT2D eigenvalue weighted by molar-refractivity contribution is -0.137. The highest BCUT2D eigenvalue weighted by Crippen LogP contribution is 2.18. The molecule has 0 aliphatic rings. The molecule has 0 heterocycles. The molecular formula is C20H40O2. The monoisotopic (exact) mass is 312 g/mol. The van der Waals surface area contributed by atoms with Gasteiger partial charge in [-0.15, -0.1) is 0 Å². The molecule has 0 saturated carbocycles. The summed E-state index contributed by atoms with van der Waals surface area (Å²) in [7, 11) is 0. The Morgan fingerprint density at radius 1 is 0.727 bits per heavy atom. The molecule has 0 fully saturated rings. The van der Waals surface area contributed by atoms with Gasteiger partial charge in [-0.2, -0.15) is 0 Å². The molecule has 0 amide bonds. The van der Waals surface area contributed by atoms with Gasteiger partial charge in [0, 0.05) is 6.42 Å². The molecule has 0 aromatic rings. The molecule has 2 nitrogen and oxygen atoms in total. The highest BCUT2D eigenvalue weighted by atomic mass is 16.4. The Balaban J connectivity index is 3.20. The van der Waals surface area contributed by atoms with Crippen molar-refractivity contribution in [2.45, 2.75) is 111 Å². The maximum absolute atomic E-state index is 10.4. The summed E-state index contributed by atoms with van der Waals surface area (Å²) in [6.07, 6.45) is 17.3. The summed E-state index contributed by atoms with van der Waals surface area (Å²) in [6.45, 7) is 6.97. The molecule has 0 aromatic heterocycles. The molecule has 0 radical (unpaired) electrons. The van der Waals surface area contributed by atoms with Crippen molar-refractivity contribution in [1.82, 2.24) is 0 Å². The first-order valence-electron chi connectivity index (χ1n) is 9.78. The van der Waals surface area contributed by atoms with E-state index in [1.165, 1.54) is 70.6 Å². The molecule has 0 rings (SSSR count). The molecule has 2 heteroatoms. The van der Waals surface area contributed by atoms with Crippen molar-refractivity contribution in [1.29, 1.82) is 0 Å². The van der Waals surface area contributed by atoms with Crippen LogP contribution in [0.5, 0.6) is 0 Å². The van der Waals surface area contributed by atoms with Crippen LogP contribution in [0, 0.1) is 11.8 Å². The lowest BCUT2D eigenvalue weighted by atomic mass is 9.96. The molecule has 0 bridgehead atoms. The van der Waals surface area contributed by atoms with Gasteiger partial charge in [-0.3, -0.25) is 4.79 Å². The van der Waals surface area contributed by atoms with Crippen molar-refractivity contribution in [3.63, 3.8) is 0 Å². The number of aliphatic carboxylic acids is 1. The third-order valence-electron chi connectivity index (χ3n) is 4.93. The summed E-state index contributed by atoms with van der Waals surface area (Å²) in [5.41, 5.74) is 0. The smallest absolute Gasteiger partial charge is 0.303 e. The van der Waals surface area contributed by atoms with Crippen LogP contribution in [0.1, 0.15) is 111 Å². The number of unbranched alkanes of at least 4 members (excludes halogenated alkanes) is 7. The van der Waals surface area contributed by atoms with Crippen LogP contribution in [0.2, 0.25) is 0 Å². The zero-order valence-electron chi connectivity index (χ0n) is 15.4. The molecule has 0 aliphatic carbocycles. The lowest BCUT2D eigenvalue weighted by Crippen LogP contribution is -1.98. The fourth-order valence-corrected chi connectivity index (χ4v) is 2.99. The second kappa shape index (κ2) is 15.4. The maximum Gasteiger partial charge on any atom is 0.303 e. The molecule has 0 spiro atoms. The summed E-state index contributed by atoms with van der Waals surface area (Å²) in [6, 6.07) is 0. The van der Waals surface area contributed by atoms with Crippen LogP contribution >= 0.6 is 0 Å². The molecule has 132 valence electrons. The Bertz CT molecular complexity index is 250. The number of carbonyl (C=O) groups is 1. The van der Waals surface area contributed by atoms with E-state index in [0.717, 1.165) is 24.7 Å². The van der Waals surface area contributed by atoms with Gasteiger partial charge in [0.25, 0.3) is 0 Å². The number of carboxylic acid groups (broad SMARTS) is 1. The SMILES string of the molecule is CCC(C)CCCCCCCCCC(C)CCCCC(=O)O. The number of rotatable bonds is 16. The number of hydrogen-bond acceptors (Lipinski definition) is 1. The zero-order valence-corrected chi connectivity index (χ0v) is 15.4. The lowest BCUT2D eigenvalue weighted by Gasteiger charge is -2.10. The summed E-state index contributed by atoms with van der Waals surface area (Å²) in [4.78, 5) is 10.4. The molecule has 2 unspecified atom stereocenters. The Hall–Kier alpha value is -0.530. The van der Waals surface area contributed by atoms with Crippen molar-refractivity contribution in [2.75, 3.05) is 0 Å². The van der Waals surface area contributed by atoms with Gasteiger partial charge in [-0.25, -0.2) is 0 Å². The average molecular weight is 313 g/mol. The quantitative estimate of drug-likeness (QED) is 0.317. The van der Waals surface area contributed by atoms with Crippen LogP contribution in [0.15, 0.2) is 0 Å². The van der Waals surface area contributed by atoms with E-state index in [1.54, 1.807) is 0 Å². The van der Waals surface area contributed by atoms with E-state index in [2.05, 4.69) is 20.8 Å². The topological polar surface area (TPSA) is 37.3 Å². The minimum atomic E-state index is -0.656. The minimum Gasteiger partial charge on any atom is -0.481 e. The molecule has 0 aromatic carbocycles. The normalized spacial score (nSPS) is 14.0. The Labute approximate surface area is 139 Å². The first kappa shape index (κ1) is 21.5. The highest BCUT2D eigenvalue weighted by molar-refractivity contribution is 5.66. The first-order chi connectivity index (χ1) is 10.6. The first-order valence-corrected chi connectivity index (χ1v) is 9.78. The summed E-state index contributed by atoms with van der Waals surface area (Å²) < 4.78 is 0. The van der Waals surface area contributed by atoms with Crippen LogP contribution in [0.4, 0.5) is 0 Å². The van der Waals surface area contributed by atoms with E-state index in [1.807, 2.05) is 0 Å². The molecule has 0 saturated heterocycles. The van der Waals surface area contributed by atoms with E-state index in [-0.39, 0.29) is 0 Å². The van der Waals surface area contributed by atoms with Crippen LogP contribution in [0.3, 0.4) is 0 Å².